The van der Waals surface area contributed by atoms with Crippen LogP contribution < -0.4 is 5.32 Å². The number of carbonyl (C=O) groups excluding carboxylic acids is 1. The average Bonchev–Trinajstić information content (AvgIpc) is 3.10. The number of benzene rings is 2. The molecule has 1 atom stereocenters. The smallest absolute Gasteiger partial charge is 0.251 e. The Morgan fingerprint density at radius 1 is 1.13 bits per heavy atom. The van der Waals surface area contributed by atoms with Crippen LogP contribution in [0.5, 0.6) is 0 Å². The average molecular weight is 372 g/mol. The van der Waals surface area contributed by atoms with E-state index in [4.69, 9.17) is 0 Å². The molecule has 0 unspecified atom stereocenters. The number of nitrogens with zero attached hydrogens (tertiary/aromatic N) is 4. The van der Waals surface area contributed by atoms with Gasteiger partial charge in [0.25, 0.3) is 5.91 Å². The summed E-state index contributed by atoms with van der Waals surface area (Å²) in [5, 5.41) is 14.0. The fourth-order valence-corrected chi connectivity index (χ4v) is 2.42. The van der Waals surface area contributed by atoms with Crippen LogP contribution in [0.3, 0.4) is 0 Å². The third-order valence-electron chi connectivity index (χ3n) is 3.46. The van der Waals surface area contributed by atoms with Gasteiger partial charge in [-0.05, 0) is 59.3 Å². The summed E-state index contributed by atoms with van der Waals surface area (Å²) in [7, 11) is 0. The Balaban J connectivity index is 1.69. The second-order valence-corrected chi connectivity index (χ2v) is 5.96. The van der Waals surface area contributed by atoms with Crippen LogP contribution in [0.4, 0.5) is 0 Å². The molecule has 0 bridgehead atoms. The number of rotatable bonds is 4. The summed E-state index contributed by atoms with van der Waals surface area (Å²) in [6.45, 7) is 1.95. The van der Waals surface area contributed by atoms with E-state index in [1.807, 2.05) is 31.2 Å². The monoisotopic (exact) mass is 371 g/mol. The van der Waals surface area contributed by atoms with Crippen molar-refractivity contribution in [1.29, 1.82) is 0 Å². The van der Waals surface area contributed by atoms with Crippen molar-refractivity contribution in [3.8, 4) is 5.69 Å². The first-order valence-corrected chi connectivity index (χ1v) is 7.82. The van der Waals surface area contributed by atoms with Crippen LogP contribution in [0.25, 0.3) is 5.69 Å². The predicted molar refractivity (Wildman–Crippen MR) is 89.2 cm³/mol. The number of halogens is 1. The molecule has 0 aliphatic heterocycles. The maximum atomic E-state index is 12.3. The largest absolute Gasteiger partial charge is 0.346 e. The molecule has 1 aromatic heterocycles. The molecular formula is C16H14BrN5O. The number of hydrogen-bond acceptors (Lipinski definition) is 4. The quantitative estimate of drug-likeness (QED) is 0.765. The van der Waals surface area contributed by atoms with Crippen molar-refractivity contribution in [2.75, 3.05) is 0 Å². The highest BCUT2D eigenvalue weighted by atomic mass is 79.9. The first kappa shape index (κ1) is 15.4. The number of amides is 1. The normalized spacial score (nSPS) is 11.9. The lowest BCUT2D eigenvalue weighted by Gasteiger charge is -2.14. The minimum absolute atomic E-state index is 0.0743. The lowest BCUT2D eigenvalue weighted by Crippen LogP contribution is -2.26. The second kappa shape index (κ2) is 6.70. The fraction of sp³-hybridized carbons (Fsp3) is 0.125. The Morgan fingerprint density at radius 2 is 1.83 bits per heavy atom. The van der Waals surface area contributed by atoms with Crippen LogP contribution in [-0.4, -0.2) is 26.1 Å². The molecule has 0 aliphatic rings. The molecule has 7 heteroatoms. The fourth-order valence-electron chi connectivity index (χ4n) is 2.16. The summed E-state index contributed by atoms with van der Waals surface area (Å²) in [5.74, 6) is -0.122. The van der Waals surface area contributed by atoms with Gasteiger partial charge >= 0.3 is 0 Å². The summed E-state index contributed by atoms with van der Waals surface area (Å²) in [6, 6.07) is 14.9. The van der Waals surface area contributed by atoms with Gasteiger partial charge in [-0.3, -0.25) is 4.79 Å². The van der Waals surface area contributed by atoms with Crippen molar-refractivity contribution in [3.63, 3.8) is 0 Å². The number of nitrogens with one attached hydrogen (secondary N) is 1. The van der Waals surface area contributed by atoms with Crippen LogP contribution in [-0.2, 0) is 0 Å². The summed E-state index contributed by atoms with van der Waals surface area (Å²) in [5.41, 5.74) is 2.44. The zero-order chi connectivity index (χ0) is 16.2. The Labute approximate surface area is 141 Å². The molecule has 6 nitrogen and oxygen atoms in total. The Kier molecular flexibility index (Phi) is 4.47. The summed E-state index contributed by atoms with van der Waals surface area (Å²) in [6.07, 6.45) is 1.50. The number of aromatic nitrogens is 4. The minimum atomic E-state index is -0.122. The van der Waals surface area contributed by atoms with Gasteiger partial charge in [0.15, 0.2) is 0 Å². The van der Waals surface area contributed by atoms with Gasteiger partial charge in [0.2, 0.25) is 0 Å². The van der Waals surface area contributed by atoms with Crippen LogP contribution in [0.15, 0.2) is 59.3 Å². The van der Waals surface area contributed by atoms with Gasteiger partial charge in [-0.25, -0.2) is 4.68 Å². The molecule has 1 N–H and O–H groups in total. The molecule has 2 aromatic carbocycles. The van der Waals surface area contributed by atoms with E-state index >= 15 is 0 Å². The molecule has 3 rings (SSSR count). The Morgan fingerprint density at radius 3 is 2.43 bits per heavy atom. The molecule has 0 aliphatic carbocycles. The second-order valence-electron chi connectivity index (χ2n) is 5.05. The highest BCUT2D eigenvalue weighted by Gasteiger charge is 2.11. The van der Waals surface area contributed by atoms with E-state index in [2.05, 4.69) is 36.8 Å². The molecule has 0 saturated heterocycles. The van der Waals surface area contributed by atoms with Crippen LogP contribution in [0.1, 0.15) is 28.9 Å². The number of carbonyl (C=O) groups is 1. The first-order chi connectivity index (χ1) is 11.1. The predicted octanol–water partition coefficient (Wildman–Crippen LogP) is 2.92. The molecule has 1 amide bonds. The van der Waals surface area contributed by atoms with E-state index in [0.717, 1.165) is 15.7 Å². The van der Waals surface area contributed by atoms with Crippen molar-refractivity contribution < 1.29 is 4.79 Å². The standard InChI is InChI=1S/C16H14BrN5O/c1-11(12-2-6-14(17)7-3-12)19-16(23)13-4-8-15(9-5-13)22-10-18-20-21-22/h2-11H,1H3,(H,19,23)/t11-/m0/s1. The van der Waals surface area contributed by atoms with Crippen molar-refractivity contribution in [3.05, 3.63) is 70.5 Å². The SMILES string of the molecule is C[C@H](NC(=O)c1ccc(-n2cnnn2)cc1)c1ccc(Br)cc1. The van der Waals surface area contributed by atoms with E-state index in [1.165, 1.54) is 11.0 Å². The van der Waals surface area contributed by atoms with Crippen molar-refractivity contribution in [2.24, 2.45) is 0 Å². The van der Waals surface area contributed by atoms with E-state index in [9.17, 15) is 4.79 Å². The van der Waals surface area contributed by atoms with E-state index in [-0.39, 0.29) is 11.9 Å². The minimum Gasteiger partial charge on any atom is -0.346 e. The van der Waals surface area contributed by atoms with Crippen LogP contribution >= 0.6 is 15.9 Å². The molecule has 116 valence electrons. The molecular weight excluding hydrogens is 358 g/mol. The van der Waals surface area contributed by atoms with Gasteiger partial charge < -0.3 is 5.32 Å². The topological polar surface area (TPSA) is 72.7 Å². The lowest BCUT2D eigenvalue weighted by molar-refractivity contribution is 0.0940. The number of tetrazole rings is 1. The Hall–Kier alpha value is -2.54. The molecule has 3 aromatic rings. The molecule has 23 heavy (non-hydrogen) atoms. The maximum absolute atomic E-state index is 12.3. The highest BCUT2D eigenvalue weighted by molar-refractivity contribution is 9.10. The van der Waals surface area contributed by atoms with E-state index in [1.54, 1.807) is 24.3 Å². The molecule has 0 radical (unpaired) electrons. The van der Waals surface area contributed by atoms with Gasteiger partial charge in [-0.15, -0.1) is 5.10 Å². The zero-order valence-corrected chi connectivity index (χ0v) is 13.9. The third kappa shape index (κ3) is 3.62. The third-order valence-corrected chi connectivity index (χ3v) is 3.99. The first-order valence-electron chi connectivity index (χ1n) is 7.03. The zero-order valence-electron chi connectivity index (χ0n) is 12.3. The van der Waals surface area contributed by atoms with Crippen molar-refractivity contribution in [1.82, 2.24) is 25.5 Å². The summed E-state index contributed by atoms with van der Waals surface area (Å²) >= 11 is 3.40. The van der Waals surface area contributed by atoms with E-state index in [0.29, 0.717) is 5.56 Å². The summed E-state index contributed by atoms with van der Waals surface area (Å²) in [4.78, 5) is 12.3. The molecule has 0 fully saturated rings. The lowest BCUT2D eigenvalue weighted by atomic mass is 10.1. The van der Waals surface area contributed by atoms with Gasteiger partial charge in [0.05, 0.1) is 11.7 Å². The maximum Gasteiger partial charge on any atom is 0.251 e. The Bertz CT molecular complexity index is 784. The van der Waals surface area contributed by atoms with Gasteiger partial charge in [-0.1, -0.05) is 28.1 Å². The van der Waals surface area contributed by atoms with Crippen LogP contribution in [0.2, 0.25) is 0 Å². The number of hydrogen-bond donors (Lipinski definition) is 1. The van der Waals surface area contributed by atoms with E-state index < -0.39 is 0 Å². The van der Waals surface area contributed by atoms with Gasteiger partial charge in [0, 0.05) is 10.0 Å². The molecule has 0 saturated carbocycles. The van der Waals surface area contributed by atoms with Crippen LogP contribution in [0, 0.1) is 0 Å². The molecule has 1 heterocycles. The summed E-state index contributed by atoms with van der Waals surface area (Å²) < 4.78 is 2.55. The van der Waals surface area contributed by atoms with Crippen molar-refractivity contribution >= 4 is 21.8 Å². The molecule has 0 spiro atoms. The van der Waals surface area contributed by atoms with Crippen molar-refractivity contribution in [2.45, 2.75) is 13.0 Å². The van der Waals surface area contributed by atoms with Gasteiger partial charge in [-0.2, -0.15) is 0 Å². The van der Waals surface area contributed by atoms with Gasteiger partial charge in [0.1, 0.15) is 6.33 Å². The highest BCUT2D eigenvalue weighted by Crippen LogP contribution is 2.17.